The molecule has 0 aromatic heterocycles. The van der Waals surface area contributed by atoms with E-state index in [4.69, 9.17) is 33.0 Å². The third kappa shape index (κ3) is 4.77. The Labute approximate surface area is 211 Å². The van der Waals surface area contributed by atoms with Crippen LogP contribution in [0, 0.1) is 0 Å². The molecule has 1 aliphatic carbocycles. The standard InChI is InChI=1S/C26H30Cl2N4O2/c1-34-21-9-6-18(7-10-21)25-17-23(29-32(25)24-11-8-19(27)16-22(24)28)26(33)31-14-12-30(13-15-31)20-4-2-3-5-20/h6-11,16,20,25H,2-5,12-15,17H2,1H3. The van der Waals surface area contributed by atoms with Crippen molar-refractivity contribution < 1.29 is 9.53 Å². The summed E-state index contributed by atoms with van der Waals surface area (Å²) in [7, 11) is 1.65. The van der Waals surface area contributed by atoms with E-state index in [9.17, 15) is 4.79 Å². The zero-order valence-electron chi connectivity index (χ0n) is 19.4. The first kappa shape index (κ1) is 23.5. The quantitative estimate of drug-likeness (QED) is 0.551. The van der Waals surface area contributed by atoms with Crippen molar-refractivity contribution in [1.29, 1.82) is 0 Å². The number of amides is 1. The molecule has 1 atom stereocenters. The number of nitrogens with zero attached hydrogens (tertiary/aromatic N) is 4. The molecule has 0 bridgehead atoms. The van der Waals surface area contributed by atoms with Crippen LogP contribution in [0.4, 0.5) is 5.69 Å². The van der Waals surface area contributed by atoms with Crippen LogP contribution in [0.5, 0.6) is 5.75 Å². The minimum absolute atomic E-state index is 0.0252. The van der Waals surface area contributed by atoms with Gasteiger partial charge in [0.2, 0.25) is 0 Å². The van der Waals surface area contributed by atoms with Crippen LogP contribution in [-0.4, -0.2) is 60.7 Å². The Bertz CT molecular complexity index is 1060. The van der Waals surface area contributed by atoms with E-state index in [-0.39, 0.29) is 11.9 Å². The SMILES string of the molecule is COc1ccc(C2CC(C(=O)N3CCN(C4CCCC4)CC3)=NN2c2ccc(Cl)cc2Cl)cc1. The van der Waals surface area contributed by atoms with Gasteiger partial charge in [0, 0.05) is 43.7 Å². The van der Waals surface area contributed by atoms with Crippen molar-refractivity contribution in [3.63, 3.8) is 0 Å². The summed E-state index contributed by atoms with van der Waals surface area (Å²) in [4.78, 5) is 18.0. The number of carbonyl (C=O) groups is 1. The van der Waals surface area contributed by atoms with Crippen LogP contribution in [0.1, 0.15) is 43.7 Å². The van der Waals surface area contributed by atoms with E-state index >= 15 is 0 Å². The Morgan fingerprint density at radius 2 is 1.71 bits per heavy atom. The molecule has 2 heterocycles. The van der Waals surface area contributed by atoms with Gasteiger partial charge in [0.15, 0.2) is 0 Å². The third-order valence-corrected chi connectivity index (χ3v) is 7.79. The number of rotatable bonds is 5. The lowest BCUT2D eigenvalue weighted by Gasteiger charge is -2.38. The Balaban J connectivity index is 1.36. The lowest BCUT2D eigenvalue weighted by atomic mass is 10.0. The maximum atomic E-state index is 13.5. The highest BCUT2D eigenvalue weighted by molar-refractivity contribution is 6.40. The van der Waals surface area contributed by atoms with Gasteiger partial charge in [-0.15, -0.1) is 0 Å². The second-order valence-corrected chi connectivity index (χ2v) is 10.1. The number of methoxy groups -OCH3 is 1. The lowest BCUT2D eigenvalue weighted by molar-refractivity contribution is -0.126. The number of anilines is 1. The zero-order valence-corrected chi connectivity index (χ0v) is 20.9. The lowest BCUT2D eigenvalue weighted by Crippen LogP contribution is -2.52. The molecule has 1 unspecified atom stereocenters. The predicted octanol–water partition coefficient (Wildman–Crippen LogP) is 5.40. The maximum absolute atomic E-state index is 13.5. The summed E-state index contributed by atoms with van der Waals surface area (Å²) >= 11 is 12.7. The van der Waals surface area contributed by atoms with Crippen molar-refractivity contribution in [2.24, 2.45) is 5.10 Å². The number of hydrogen-bond donors (Lipinski definition) is 0. The number of halogens is 2. The molecule has 0 spiro atoms. The number of hydrazone groups is 1. The van der Waals surface area contributed by atoms with Gasteiger partial charge >= 0.3 is 0 Å². The van der Waals surface area contributed by atoms with Crippen LogP contribution < -0.4 is 9.75 Å². The molecule has 1 amide bonds. The van der Waals surface area contributed by atoms with Gasteiger partial charge in [0.05, 0.1) is 23.9 Å². The summed E-state index contributed by atoms with van der Waals surface area (Å²) in [6, 6.07) is 13.8. The van der Waals surface area contributed by atoms with E-state index in [0.717, 1.165) is 43.2 Å². The largest absolute Gasteiger partial charge is 0.497 e. The second-order valence-electron chi connectivity index (χ2n) is 9.25. The van der Waals surface area contributed by atoms with Gasteiger partial charge in [-0.3, -0.25) is 14.7 Å². The van der Waals surface area contributed by atoms with Gasteiger partial charge < -0.3 is 9.64 Å². The molecule has 0 radical (unpaired) electrons. The molecule has 3 aliphatic rings. The first-order valence-corrected chi connectivity index (χ1v) is 12.8. The van der Waals surface area contributed by atoms with E-state index in [0.29, 0.717) is 28.2 Å². The number of hydrogen-bond acceptors (Lipinski definition) is 5. The Morgan fingerprint density at radius 1 is 1.00 bits per heavy atom. The van der Waals surface area contributed by atoms with E-state index in [1.807, 2.05) is 40.2 Å². The van der Waals surface area contributed by atoms with Crippen LogP contribution in [0.2, 0.25) is 10.0 Å². The van der Waals surface area contributed by atoms with Crippen molar-refractivity contribution in [2.75, 3.05) is 38.3 Å². The van der Waals surface area contributed by atoms with Gasteiger partial charge in [-0.1, -0.05) is 48.2 Å². The summed E-state index contributed by atoms with van der Waals surface area (Å²) in [6.07, 6.45) is 5.77. The van der Waals surface area contributed by atoms with Crippen LogP contribution in [-0.2, 0) is 4.79 Å². The molecule has 2 aromatic carbocycles. The molecular weight excluding hydrogens is 471 g/mol. The fourth-order valence-corrected chi connectivity index (χ4v) is 5.85. The van der Waals surface area contributed by atoms with Gasteiger partial charge in [-0.2, -0.15) is 5.10 Å². The van der Waals surface area contributed by atoms with E-state index in [1.165, 1.54) is 25.7 Å². The fraction of sp³-hybridized carbons (Fsp3) is 0.462. The molecule has 1 saturated heterocycles. The third-order valence-electron chi connectivity index (χ3n) is 7.26. The molecule has 8 heteroatoms. The molecule has 2 fully saturated rings. The van der Waals surface area contributed by atoms with Crippen LogP contribution >= 0.6 is 23.2 Å². The number of ether oxygens (including phenoxy) is 1. The molecular formula is C26H30Cl2N4O2. The highest BCUT2D eigenvalue weighted by Crippen LogP contribution is 2.40. The van der Waals surface area contributed by atoms with Crippen molar-refractivity contribution in [1.82, 2.24) is 9.80 Å². The molecule has 180 valence electrons. The maximum Gasteiger partial charge on any atom is 0.270 e. The minimum atomic E-state index is -0.136. The van der Waals surface area contributed by atoms with Crippen molar-refractivity contribution in [3.05, 3.63) is 58.1 Å². The molecule has 6 nitrogen and oxygen atoms in total. The van der Waals surface area contributed by atoms with Crippen molar-refractivity contribution >= 4 is 40.5 Å². The average Bonchev–Trinajstić information content (AvgIpc) is 3.55. The van der Waals surface area contributed by atoms with Gasteiger partial charge in [-0.05, 0) is 48.7 Å². The summed E-state index contributed by atoms with van der Waals surface area (Å²) in [5.74, 6) is 0.812. The molecule has 0 N–H and O–H groups in total. The minimum Gasteiger partial charge on any atom is -0.497 e. The Hall–Kier alpha value is -2.28. The molecule has 2 aliphatic heterocycles. The first-order chi connectivity index (χ1) is 16.5. The summed E-state index contributed by atoms with van der Waals surface area (Å²) in [6.45, 7) is 3.39. The second kappa shape index (κ2) is 10.1. The summed E-state index contributed by atoms with van der Waals surface area (Å²) < 4.78 is 5.32. The van der Waals surface area contributed by atoms with E-state index in [2.05, 4.69) is 4.90 Å². The molecule has 5 rings (SSSR count). The zero-order chi connectivity index (χ0) is 23.7. The Morgan fingerprint density at radius 3 is 2.35 bits per heavy atom. The summed E-state index contributed by atoms with van der Waals surface area (Å²) in [5, 5.41) is 7.74. The normalized spacial score (nSPS) is 21.7. The highest BCUT2D eigenvalue weighted by Gasteiger charge is 2.36. The molecule has 2 aromatic rings. The average molecular weight is 501 g/mol. The number of carbonyl (C=O) groups excluding carboxylic acids is 1. The van der Waals surface area contributed by atoms with Crippen LogP contribution in [0.15, 0.2) is 47.6 Å². The van der Waals surface area contributed by atoms with Crippen LogP contribution in [0.3, 0.4) is 0 Å². The van der Waals surface area contributed by atoms with Crippen LogP contribution in [0.25, 0.3) is 0 Å². The van der Waals surface area contributed by atoms with Crippen molar-refractivity contribution in [2.45, 2.75) is 44.2 Å². The van der Waals surface area contributed by atoms with E-state index in [1.54, 1.807) is 19.2 Å². The number of benzene rings is 2. The Kier molecular flexibility index (Phi) is 7.00. The fourth-order valence-electron chi connectivity index (χ4n) is 5.36. The first-order valence-electron chi connectivity index (χ1n) is 12.0. The van der Waals surface area contributed by atoms with Gasteiger partial charge in [0.1, 0.15) is 11.5 Å². The van der Waals surface area contributed by atoms with Gasteiger partial charge in [0.25, 0.3) is 5.91 Å². The highest BCUT2D eigenvalue weighted by atomic mass is 35.5. The number of piperazine rings is 1. The molecule has 34 heavy (non-hydrogen) atoms. The van der Waals surface area contributed by atoms with Crippen molar-refractivity contribution in [3.8, 4) is 5.75 Å². The summed E-state index contributed by atoms with van der Waals surface area (Å²) in [5.41, 5.74) is 2.35. The molecule has 1 saturated carbocycles. The predicted molar refractivity (Wildman–Crippen MR) is 137 cm³/mol. The van der Waals surface area contributed by atoms with Gasteiger partial charge in [-0.25, -0.2) is 0 Å². The monoisotopic (exact) mass is 500 g/mol. The smallest absolute Gasteiger partial charge is 0.270 e. The topological polar surface area (TPSA) is 48.4 Å². The van der Waals surface area contributed by atoms with E-state index < -0.39 is 0 Å².